The maximum absolute atomic E-state index is 12.5. The minimum atomic E-state index is -0.387. The van der Waals surface area contributed by atoms with Crippen LogP contribution in [0.4, 0.5) is 0 Å². The minimum Gasteiger partial charge on any atom is -0.399 e. The van der Waals surface area contributed by atoms with Crippen LogP contribution in [0.1, 0.15) is 71.1 Å². The van der Waals surface area contributed by atoms with Gasteiger partial charge in [0.25, 0.3) is 5.91 Å². The molecule has 2 aromatic rings. The van der Waals surface area contributed by atoms with E-state index in [1.54, 1.807) is 0 Å². The average Bonchev–Trinajstić information content (AvgIpc) is 2.95. The van der Waals surface area contributed by atoms with Gasteiger partial charge in [-0.3, -0.25) is 9.63 Å². The second-order valence-electron chi connectivity index (χ2n) is 10.1. The molecular formula is C26H36BNO4. The first-order chi connectivity index (χ1) is 15.0. The number of hydrogen-bond donors (Lipinski definition) is 1. The number of carbonyl (C=O) groups is 1. The topological polar surface area (TPSA) is 56.8 Å². The summed E-state index contributed by atoms with van der Waals surface area (Å²) in [5.74, 6) is 0.172. The summed E-state index contributed by atoms with van der Waals surface area (Å²) in [5.41, 5.74) is 6.03. The van der Waals surface area contributed by atoms with Crippen molar-refractivity contribution in [2.75, 3.05) is 0 Å². The monoisotopic (exact) mass is 437 g/mol. The van der Waals surface area contributed by atoms with E-state index in [4.69, 9.17) is 14.1 Å². The molecule has 0 radical (unpaired) electrons. The van der Waals surface area contributed by atoms with Crippen LogP contribution >= 0.6 is 0 Å². The molecule has 32 heavy (non-hydrogen) atoms. The van der Waals surface area contributed by atoms with Crippen LogP contribution < -0.4 is 10.9 Å². The van der Waals surface area contributed by atoms with Crippen LogP contribution in [-0.2, 0) is 32.0 Å². The van der Waals surface area contributed by atoms with Gasteiger partial charge in [-0.25, -0.2) is 5.48 Å². The maximum atomic E-state index is 12.5. The second kappa shape index (κ2) is 9.78. The molecule has 0 bridgehead atoms. The predicted molar refractivity (Wildman–Crippen MR) is 128 cm³/mol. The first-order valence-corrected chi connectivity index (χ1v) is 11.4. The molecule has 0 saturated carbocycles. The van der Waals surface area contributed by atoms with Gasteiger partial charge >= 0.3 is 7.12 Å². The van der Waals surface area contributed by atoms with Crippen LogP contribution in [0.2, 0.25) is 0 Å². The van der Waals surface area contributed by atoms with Gasteiger partial charge in [0, 0.05) is 0 Å². The summed E-state index contributed by atoms with van der Waals surface area (Å²) in [4.78, 5) is 17.9. The molecular weight excluding hydrogens is 401 g/mol. The van der Waals surface area contributed by atoms with E-state index in [0.717, 1.165) is 23.0 Å². The van der Waals surface area contributed by atoms with Crippen molar-refractivity contribution in [2.24, 2.45) is 5.92 Å². The Morgan fingerprint density at radius 1 is 0.906 bits per heavy atom. The molecule has 1 amide bonds. The van der Waals surface area contributed by atoms with Gasteiger partial charge in [-0.05, 0) is 69.1 Å². The van der Waals surface area contributed by atoms with E-state index in [1.165, 1.54) is 5.56 Å². The molecule has 3 rings (SSSR count). The van der Waals surface area contributed by atoms with Gasteiger partial charge in [0.1, 0.15) is 0 Å². The van der Waals surface area contributed by atoms with Crippen molar-refractivity contribution < 1.29 is 18.9 Å². The first kappa shape index (κ1) is 24.5. The molecule has 1 heterocycles. The quantitative estimate of drug-likeness (QED) is 0.487. The summed E-state index contributed by atoms with van der Waals surface area (Å²) in [5, 5.41) is 0. The molecule has 1 aliphatic rings. The molecule has 2 aromatic carbocycles. The molecule has 1 saturated heterocycles. The Morgan fingerprint density at radius 3 is 1.97 bits per heavy atom. The Kier molecular flexibility index (Phi) is 7.48. The third kappa shape index (κ3) is 5.80. The van der Waals surface area contributed by atoms with Crippen molar-refractivity contribution in [3.05, 3.63) is 65.2 Å². The van der Waals surface area contributed by atoms with Crippen molar-refractivity contribution in [1.82, 2.24) is 5.48 Å². The fraction of sp³-hybridized carbons (Fsp3) is 0.500. The Hall–Kier alpha value is -2.15. The maximum Gasteiger partial charge on any atom is 0.494 e. The molecule has 1 fully saturated rings. The van der Waals surface area contributed by atoms with E-state index in [2.05, 4.69) is 31.5 Å². The van der Waals surface area contributed by atoms with Crippen molar-refractivity contribution in [2.45, 2.75) is 78.6 Å². The first-order valence-electron chi connectivity index (χ1n) is 11.4. The lowest BCUT2D eigenvalue weighted by atomic mass is 9.79. The van der Waals surface area contributed by atoms with Gasteiger partial charge in [-0.15, -0.1) is 0 Å². The number of rotatable bonds is 8. The number of benzene rings is 2. The Balaban J connectivity index is 1.48. The Bertz CT molecular complexity index is 890. The van der Waals surface area contributed by atoms with E-state index < -0.39 is 0 Å². The van der Waals surface area contributed by atoms with Gasteiger partial charge in [0.2, 0.25) is 0 Å². The number of amides is 1. The lowest BCUT2D eigenvalue weighted by Crippen LogP contribution is -2.41. The third-order valence-electron chi connectivity index (χ3n) is 6.43. The highest BCUT2D eigenvalue weighted by atomic mass is 16.7. The van der Waals surface area contributed by atoms with Crippen LogP contribution in [0.5, 0.6) is 0 Å². The highest BCUT2D eigenvalue weighted by molar-refractivity contribution is 6.62. The van der Waals surface area contributed by atoms with Crippen LogP contribution in [0.15, 0.2) is 48.5 Å². The van der Waals surface area contributed by atoms with E-state index in [9.17, 15) is 4.79 Å². The number of nitrogens with one attached hydrogen (secondary N) is 1. The lowest BCUT2D eigenvalue weighted by Gasteiger charge is -2.32. The molecule has 0 spiro atoms. The predicted octanol–water partition coefficient (Wildman–Crippen LogP) is 4.54. The fourth-order valence-electron chi connectivity index (χ4n) is 3.59. The van der Waals surface area contributed by atoms with Gasteiger partial charge < -0.3 is 9.31 Å². The molecule has 0 aromatic heterocycles. The fourth-order valence-corrected chi connectivity index (χ4v) is 3.59. The highest BCUT2D eigenvalue weighted by Crippen LogP contribution is 2.36. The van der Waals surface area contributed by atoms with Crippen molar-refractivity contribution in [3.63, 3.8) is 0 Å². The molecule has 1 N–H and O–H groups in total. The van der Waals surface area contributed by atoms with E-state index in [-0.39, 0.29) is 36.8 Å². The molecule has 1 aliphatic heterocycles. The highest BCUT2D eigenvalue weighted by Gasteiger charge is 2.51. The molecule has 5 nitrogen and oxygen atoms in total. The largest absolute Gasteiger partial charge is 0.494 e. The third-order valence-corrected chi connectivity index (χ3v) is 6.43. The zero-order valence-corrected chi connectivity index (χ0v) is 20.4. The summed E-state index contributed by atoms with van der Waals surface area (Å²) >= 11 is 0. The average molecular weight is 437 g/mol. The van der Waals surface area contributed by atoms with Gasteiger partial charge in [-0.1, -0.05) is 62.4 Å². The molecule has 0 aliphatic carbocycles. The minimum absolute atomic E-state index is 0.157. The van der Waals surface area contributed by atoms with E-state index >= 15 is 0 Å². The summed E-state index contributed by atoms with van der Waals surface area (Å²) in [6.45, 7) is 14.7. The van der Waals surface area contributed by atoms with Crippen molar-refractivity contribution in [1.29, 1.82) is 0 Å². The second-order valence-corrected chi connectivity index (χ2v) is 10.1. The Labute approximate surface area is 192 Å². The van der Waals surface area contributed by atoms with Gasteiger partial charge in [-0.2, -0.15) is 0 Å². The Morgan fingerprint density at radius 2 is 1.44 bits per heavy atom. The van der Waals surface area contributed by atoms with Crippen LogP contribution in [0.3, 0.4) is 0 Å². The molecule has 1 unspecified atom stereocenters. The molecule has 6 heteroatoms. The van der Waals surface area contributed by atoms with E-state index in [0.29, 0.717) is 5.92 Å². The van der Waals surface area contributed by atoms with Crippen LogP contribution in [0.25, 0.3) is 0 Å². The van der Waals surface area contributed by atoms with E-state index in [1.807, 2.05) is 71.0 Å². The van der Waals surface area contributed by atoms with Crippen LogP contribution in [0, 0.1) is 5.92 Å². The molecule has 1 atom stereocenters. The number of hydroxylamine groups is 1. The summed E-state index contributed by atoms with van der Waals surface area (Å²) < 4.78 is 12.2. The van der Waals surface area contributed by atoms with Crippen LogP contribution in [-0.4, -0.2) is 24.2 Å². The zero-order chi connectivity index (χ0) is 23.5. The lowest BCUT2D eigenvalue weighted by molar-refractivity contribution is -0.135. The van der Waals surface area contributed by atoms with Crippen molar-refractivity contribution >= 4 is 18.5 Å². The summed E-state index contributed by atoms with van der Waals surface area (Å²) in [7, 11) is -0.387. The zero-order valence-electron chi connectivity index (χ0n) is 20.4. The van der Waals surface area contributed by atoms with Crippen molar-refractivity contribution in [3.8, 4) is 0 Å². The standard InChI is InChI=1S/C26H36BNO4/c1-18(2)16-20-8-12-22(13-9-20)19(3)24(29)28-30-17-21-10-14-23(15-11-21)27-31-25(4,5)26(6,7)32-27/h8-15,18-19H,16-17H2,1-7H3,(H,28,29). The number of carbonyl (C=O) groups excluding carboxylic acids is 1. The normalized spacial score (nSPS) is 18.1. The summed E-state index contributed by atoms with van der Waals surface area (Å²) in [6.07, 6.45) is 1.04. The SMILES string of the molecule is CC(C)Cc1ccc(C(C)C(=O)NOCc2ccc(B3OC(C)(C)C(C)(C)O3)cc2)cc1. The van der Waals surface area contributed by atoms with Gasteiger partial charge in [0.15, 0.2) is 0 Å². The smallest absolute Gasteiger partial charge is 0.399 e. The summed E-state index contributed by atoms with van der Waals surface area (Å²) in [6, 6.07) is 16.1. The van der Waals surface area contributed by atoms with Gasteiger partial charge in [0.05, 0.1) is 23.7 Å². The number of hydrogen-bond acceptors (Lipinski definition) is 4. The molecule has 172 valence electrons.